The minimum Gasteiger partial charge on any atom is -0.455 e. The van der Waals surface area contributed by atoms with Gasteiger partial charge < -0.3 is 16.2 Å². The van der Waals surface area contributed by atoms with Crippen molar-refractivity contribution >= 4 is 34.8 Å². The van der Waals surface area contributed by atoms with Crippen LogP contribution < -0.4 is 16.2 Å². The Labute approximate surface area is 119 Å². The summed E-state index contributed by atoms with van der Waals surface area (Å²) in [5, 5.41) is 0.874. The second-order valence-electron chi connectivity index (χ2n) is 3.79. The molecule has 4 nitrogen and oxygen atoms in total. The number of benzene rings is 2. The van der Waals surface area contributed by atoms with Crippen molar-refractivity contribution < 1.29 is 9.53 Å². The second kappa shape index (κ2) is 5.38. The predicted octanol–water partition coefficient (Wildman–Crippen LogP) is 3.47. The maximum atomic E-state index is 11.2. The highest BCUT2D eigenvalue weighted by atomic mass is 35.5. The smallest absolute Gasteiger partial charge is 0.250 e. The second-order valence-corrected chi connectivity index (χ2v) is 4.66. The van der Waals surface area contributed by atoms with Gasteiger partial charge in [-0.2, -0.15) is 0 Å². The summed E-state index contributed by atoms with van der Waals surface area (Å²) < 4.78 is 5.56. The Morgan fingerprint density at radius 3 is 2.32 bits per heavy atom. The van der Waals surface area contributed by atoms with Gasteiger partial charge in [0.05, 0.1) is 11.3 Å². The Morgan fingerprint density at radius 1 is 1.11 bits per heavy atom. The zero-order chi connectivity index (χ0) is 14.0. The van der Waals surface area contributed by atoms with Crippen LogP contribution in [0, 0.1) is 0 Å². The third-order valence-corrected chi connectivity index (χ3v) is 2.83. The van der Waals surface area contributed by atoms with Crippen molar-refractivity contribution in [1.29, 1.82) is 0 Å². The third kappa shape index (κ3) is 3.10. The molecule has 0 saturated heterocycles. The number of hydrogen-bond acceptors (Lipinski definition) is 3. The summed E-state index contributed by atoms with van der Waals surface area (Å²) in [7, 11) is 0. The van der Waals surface area contributed by atoms with Crippen LogP contribution in [0.4, 0.5) is 5.69 Å². The van der Waals surface area contributed by atoms with E-state index in [1.807, 2.05) is 0 Å². The zero-order valence-electron chi connectivity index (χ0n) is 9.69. The molecule has 0 fully saturated rings. The summed E-state index contributed by atoms with van der Waals surface area (Å²) in [4.78, 5) is 11.2. The highest BCUT2D eigenvalue weighted by Gasteiger charge is 2.11. The zero-order valence-corrected chi connectivity index (χ0v) is 11.2. The third-order valence-electron chi connectivity index (χ3n) is 2.40. The van der Waals surface area contributed by atoms with Gasteiger partial charge in [-0.25, -0.2) is 0 Å². The molecule has 0 aliphatic heterocycles. The Balaban J connectivity index is 2.38. The summed E-state index contributed by atoms with van der Waals surface area (Å²) in [6.07, 6.45) is 0. The molecule has 0 bridgehead atoms. The van der Waals surface area contributed by atoms with Gasteiger partial charge >= 0.3 is 0 Å². The number of amides is 1. The number of carbonyl (C=O) groups is 1. The van der Waals surface area contributed by atoms with E-state index in [2.05, 4.69) is 0 Å². The van der Waals surface area contributed by atoms with Gasteiger partial charge in [0.2, 0.25) is 0 Å². The lowest BCUT2D eigenvalue weighted by molar-refractivity contribution is 0.100. The molecule has 4 N–H and O–H groups in total. The quantitative estimate of drug-likeness (QED) is 0.851. The average molecular weight is 297 g/mol. The molecule has 0 unspecified atom stereocenters. The number of halogens is 2. The molecule has 2 aromatic carbocycles. The Kier molecular flexibility index (Phi) is 3.83. The Morgan fingerprint density at radius 2 is 1.74 bits per heavy atom. The molecule has 2 aromatic rings. The molecule has 6 heteroatoms. The number of nitrogens with two attached hydrogens (primary N) is 2. The van der Waals surface area contributed by atoms with Crippen LogP contribution in [0.3, 0.4) is 0 Å². The summed E-state index contributed by atoms with van der Waals surface area (Å²) in [5.41, 5.74) is 11.4. The van der Waals surface area contributed by atoms with Crippen LogP contribution in [-0.4, -0.2) is 5.91 Å². The van der Waals surface area contributed by atoms with Crippen molar-refractivity contribution in [3.63, 3.8) is 0 Å². The highest BCUT2D eigenvalue weighted by molar-refractivity contribution is 6.34. The fourth-order valence-electron chi connectivity index (χ4n) is 1.56. The van der Waals surface area contributed by atoms with Gasteiger partial charge in [0.1, 0.15) is 5.75 Å². The molecule has 0 radical (unpaired) electrons. The lowest BCUT2D eigenvalue weighted by atomic mass is 10.1. The highest BCUT2D eigenvalue weighted by Crippen LogP contribution is 2.32. The van der Waals surface area contributed by atoms with E-state index < -0.39 is 5.91 Å². The van der Waals surface area contributed by atoms with Crippen molar-refractivity contribution in [3.05, 3.63) is 52.0 Å². The van der Waals surface area contributed by atoms with E-state index in [-0.39, 0.29) is 11.3 Å². The van der Waals surface area contributed by atoms with Crippen molar-refractivity contribution in [1.82, 2.24) is 0 Å². The fourth-order valence-corrected chi connectivity index (χ4v) is 2.07. The molecule has 0 aromatic heterocycles. The lowest BCUT2D eigenvalue weighted by Gasteiger charge is -2.11. The molecule has 1 amide bonds. The van der Waals surface area contributed by atoms with Gasteiger partial charge in [-0.05, 0) is 30.3 Å². The summed E-state index contributed by atoms with van der Waals surface area (Å²) in [6.45, 7) is 0. The SMILES string of the molecule is NC(=O)c1cccc(Oc2cc(Cl)cc(Cl)c2)c1N. The first-order valence-corrected chi connectivity index (χ1v) is 6.05. The average Bonchev–Trinajstić information content (AvgIpc) is 2.30. The molecular weight excluding hydrogens is 287 g/mol. The topological polar surface area (TPSA) is 78.3 Å². The normalized spacial score (nSPS) is 10.2. The van der Waals surface area contributed by atoms with Crippen LogP contribution in [0.15, 0.2) is 36.4 Å². The molecule has 2 rings (SSSR count). The van der Waals surface area contributed by atoms with Gasteiger partial charge in [-0.3, -0.25) is 4.79 Å². The van der Waals surface area contributed by atoms with Crippen LogP contribution in [0.25, 0.3) is 0 Å². The maximum absolute atomic E-state index is 11.2. The first kappa shape index (κ1) is 13.5. The summed E-state index contributed by atoms with van der Waals surface area (Å²) in [6, 6.07) is 9.52. The summed E-state index contributed by atoms with van der Waals surface area (Å²) >= 11 is 11.7. The van der Waals surface area contributed by atoms with Crippen molar-refractivity contribution in [2.24, 2.45) is 5.73 Å². The van der Waals surface area contributed by atoms with Gasteiger partial charge in [0.15, 0.2) is 5.75 Å². The first-order chi connectivity index (χ1) is 8.97. The Bertz CT molecular complexity index is 624. The number of rotatable bonds is 3. The van der Waals surface area contributed by atoms with E-state index in [1.54, 1.807) is 30.3 Å². The van der Waals surface area contributed by atoms with Crippen molar-refractivity contribution in [2.45, 2.75) is 0 Å². The van der Waals surface area contributed by atoms with E-state index in [0.717, 1.165) is 0 Å². The molecule has 0 spiro atoms. The number of carbonyl (C=O) groups excluding carboxylic acids is 1. The van der Waals surface area contributed by atoms with E-state index in [4.69, 9.17) is 39.4 Å². The largest absolute Gasteiger partial charge is 0.455 e. The van der Waals surface area contributed by atoms with Crippen LogP contribution in [0.5, 0.6) is 11.5 Å². The van der Waals surface area contributed by atoms with Gasteiger partial charge in [-0.1, -0.05) is 29.3 Å². The number of hydrogen-bond donors (Lipinski definition) is 2. The molecular formula is C13H10Cl2N2O2. The number of primary amides is 1. The van der Waals surface area contributed by atoms with Crippen LogP contribution >= 0.6 is 23.2 Å². The van der Waals surface area contributed by atoms with Crippen LogP contribution in [0.1, 0.15) is 10.4 Å². The fraction of sp³-hybridized carbons (Fsp3) is 0. The van der Waals surface area contributed by atoms with E-state index in [0.29, 0.717) is 21.5 Å². The minimum atomic E-state index is -0.618. The lowest BCUT2D eigenvalue weighted by Crippen LogP contribution is -2.13. The van der Waals surface area contributed by atoms with Crippen molar-refractivity contribution in [2.75, 3.05) is 5.73 Å². The first-order valence-electron chi connectivity index (χ1n) is 5.29. The summed E-state index contributed by atoms with van der Waals surface area (Å²) in [5.74, 6) is 0.118. The monoisotopic (exact) mass is 296 g/mol. The molecule has 0 atom stereocenters. The van der Waals surface area contributed by atoms with Crippen LogP contribution in [-0.2, 0) is 0 Å². The standard InChI is InChI=1S/C13H10Cl2N2O2/c14-7-4-8(15)6-9(5-7)19-11-3-1-2-10(12(11)16)13(17)18/h1-6H,16H2,(H2,17,18). The number of para-hydroxylation sites is 1. The number of ether oxygens (including phenoxy) is 1. The molecule has 0 aliphatic carbocycles. The molecule has 0 aliphatic rings. The van der Waals surface area contributed by atoms with Gasteiger partial charge in [-0.15, -0.1) is 0 Å². The number of nitrogen functional groups attached to an aromatic ring is 1. The Hall–Kier alpha value is -1.91. The van der Waals surface area contributed by atoms with E-state index in [9.17, 15) is 4.79 Å². The predicted molar refractivity (Wildman–Crippen MR) is 75.9 cm³/mol. The molecule has 19 heavy (non-hydrogen) atoms. The molecule has 0 heterocycles. The van der Waals surface area contributed by atoms with Gasteiger partial charge in [0, 0.05) is 10.0 Å². The maximum Gasteiger partial charge on any atom is 0.250 e. The van der Waals surface area contributed by atoms with Crippen LogP contribution in [0.2, 0.25) is 10.0 Å². The number of anilines is 1. The van der Waals surface area contributed by atoms with E-state index >= 15 is 0 Å². The van der Waals surface area contributed by atoms with E-state index in [1.165, 1.54) is 6.07 Å². The van der Waals surface area contributed by atoms with Crippen molar-refractivity contribution in [3.8, 4) is 11.5 Å². The minimum absolute atomic E-state index is 0.172. The van der Waals surface area contributed by atoms with Gasteiger partial charge in [0.25, 0.3) is 5.91 Å². The molecule has 0 saturated carbocycles. The molecule has 98 valence electrons.